The molecule has 4 fully saturated rings. The van der Waals surface area contributed by atoms with Gasteiger partial charge in [0.25, 0.3) is 0 Å². The van der Waals surface area contributed by atoms with Crippen LogP contribution in [0.15, 0.2) is 12.4 Å². The molecule has 1 amide bonds. The highest BCUT2D eigenvalue weighted by Gasteiger charge is 2.53. The van der Waals surface area contributed by atoms with Crippen LogP contribution in [-0.4, -0.2) is 38.7 Å². The number of carbonyl (C=O) groups excluding carboxylic acids is 1. The number of amides is 1. The van der Waals surface area contributed by atoms with Gasteiger partial charge in [0, 0.05) is 6.54 Å². The van der Waals surface area contributed by atoms with Crippen molar-refractivity contribution in [1.82, 2.24) is 20.3 Å². The SMILES string of the molecule is O=C(Cn1nccn1)NC[C@H](O)C12CC3CC(CC(C3)C1)C2. The van der Waals surface area contributed by atoms with Crippen molar-refractivity contribution in [2.75, 3.05) is 6.54 Å². The van der Waals surface area contributed by atoms with Crippen molar-refractivity contribution in [3.05, 3.63) is 12.4 Å². The number of aliphatic hydroxyl groups excluding tert-OH is 1. The quantitative estimate of drug-likeness (QED) is 0.849. The van der Waals surface area contributed by atoms with Gasteiger partial charge in [-0.3, -0.25) is 4.79 Å². The number of hydrogen-bond acceptors (Lipinski definition) is 4. The molecule has 4 aliphatic rings. The fourth-order valence-corrected chi connectivity index (χ4v) is 5.52. The van der Waals surface area contributed by atoms with Gasteiger partial charge in [0.1, 0.15) is 6.54 Å². The number of aliphatic hydroxyl groups is 1. The molecule has 0 saturated heterocycles. The molecular formula is C16H24N4O2. The van der Waals surface area contributed by atoms with Crippen LogP contribution in [0.5, 0.6) is 0 Å². The molecule has 22 heavy (non-hydrogen) atoms. The Hall–Kier alpha value is -1.43. The maximum atomic E-state index is 11.9. The summed E-state index contributed by atoms with van der Waals surface area (Å²) in [7, 11) is 0. The highest BCUT2D eigenvalue weighted by molar-refractivity contribution is 5.75. The first-order valence-electron chi connectivity index (χ1n) is 8.42. The summed E-state index contributed by atoms with van der Waals surface area (Å²) >= 11 is 0. The lowest BCUT2D eigenvalue weighted by atomic mass is 9.48. The lowest BCUT2D eigenvalue weighted by molar-refractivity contribution is -0.129. The smallest absolute Gasteiger partial charge is 0.243 e. The molecule has 1 atom stereocenters. The molecule has 2 N–H and O–H groups in total. The summed E-state index contributed by atoms with van der Waals surface area (Å²) in [5, 5.41) is 21.4. The first kappa shape index (κ1) is 14.2. The van der Waals surface area contributed by atoms with Crippen molar-refractivity contribution in [3.63, 3.8) is 0 Å². The summed E-state index contributed by atoms with van der Waals surface area (Å²) in [6, 6.07) is 0. The average molecular weight is 304 g/mol. The summed E-state index contributed by atoms with van der Waals surface area (Å²) in [6.45, 7) is 0.465. The third-order valence-corrected chi connectivity index (χ3v) is 6.04. The second-order valence-corrected chi connectivity index (χ2v) is 7.66. The van der Waals surface area contributed by atoms with Gasteiger partial charge in [0.05, 0.1) is 18.5 Å². The van der Waals surface area contributed by atoms with Crippen LogP contribution in [0, 0.1) is 23.2 Å². The molecule has 1 aromatic rings. The molecule has 0 aromatic carbocycles. The van der Waals surface area contributed by atoms with E-state index in [1.807, 2.05) is 0 Å². The zero-order valence-corrected chi connectivity index (χ0v) is 12.8. The van der Waals surface area contributed by atoms with Gasteiger partial charge in [-0.15, -0.1) is 0 Å². The predicted octanol–water partition coefficient (Wildman–Crippen LogP) is 0.972. The minimum absolute atomic E-state index is 0.0615. The molecule has 6 nitrogen and oxygen atoms in total. The molecule has 0 radical (unpaired) electrons. The normalized spacial score (nSPS) is 37.2. The summed E-state index contributed by atoms with van der Waals surface area (Å²) in [4.78, 5) is 13.3. The van der Waals surface area contributed by atoms with E-state index in [9.17, 15) is 9.90 Å². The Bertz CT molecular complexity index is 507. The molecule has 1 aromatic heterocycles. The van der Waals surface area contributed by atoms with Crippen LogP contribution in [0.4, 0.5) is 0 Å². The number of nitrogens with zero attached hydrogens (tertiary/aromatic N) is 3. The second-order valence-electron chi connectivity index (χ2n) is 7.66. The molecule has 120 valence electrons. The highest BCUT2D eigenvalue weighted by Crippen LogP contribution is 2.61. The van der Waals surface area contributed by atoms with Gasteiger partial charge in [-0.05, 0) is 61.7 Å². The molecule has 0 aliphatic heterocycles. The van der Waals surface area contributed by atoms with Crippen LogP contribution in [0.2, 0.25) is 0 Å². The van der Waals surface area contributed by atoms with E-state index in [1.54, 1.807) is 12.4 Å². The van der Waals surface area contributed by atoms with Crippen molar-refractivity contribution in [2.45, 2.75) is 51.2 Å². The van der Waals surface area contributed by atoms with E-state index in [-0.39, 0.29) is 17.9 Å². The lowest BCUT2D eigenvalue weighted by Gasteiger charge is -2.58. The molecule has 4 aliphatic carbocycles. The Labute approximate surface area is 130 Å². The van der Waals surface area contributed by atoms with Crippen molar-refractivity contribution in [3.8, 4) is 0 Å². The van der Waals surface area contributed by atoms with E-state index in [4.69, 9.17) is 0 Å². The van der Waals surface area contributed by atoms with Gasteiger partial charge in [-0.1, -0.05) is 0 Å². The zero-order chi connectivity index (χ0) is 15.2. The molecular weight excluding hydrogens is 280 g/mol. The van der Waals surface area contributed by atoms with Crippen molar-refractivity contribution in [2.24, 2.45) is 23.2 Å². The molecule has 6 heteroatoms. The van der Waals surface area contributed by atoms with Crippen molar-refractivity contribution < 1.29 is 9.90 Å². The second kappa shape index (κ2) is 5.33. The number of hydrogen-bond donors (Lipinski definition) is 2. The summed E-state index contributed by atoms with van der Waals surface area (Å²) in [5.41, 5.74) is 0.0615. The highest BCUT2D eigenvalue weighted by atomic mass is 16.3. The lowest BCUT2D eigenvalue weighted by Crippen LogP contribution is -2.54. The molecule has 4 bridgehead atoms. The van der Waals surface area contributed by atoms with E-state index in [0.717, 1.165) is 37.0 Å². The summed E-state index contributed by atoms with van der Waals surface area (Å²) < 4.78 is 0. The van der Waals surface area contributed by atoms with E-state index in [2.05, 4.69) is 15.5 Å². The van der Waals surface area contributed by atoms with Crippen LogP contribution in [0.25, 0.3) is 0 Å². The monoisotopic (exact) mass is 304 g/mol. The van der Waals surface area contributed by atoms with E-state index >= 15 is 0 Å². The zero-order valence-electron chi connectivity index (χ0n) is 12.8. The summed E-state index contributed by atoms with van der Waals surface area (Å²) in [5.74, 6) is 2.29. The van der Waals surface area contributed by atoms with Crippen LogP contribution in [-0.2, 0) is 11.3 Å². The molecule has 4 saturated carbocycles. The number of carbonyl (C=O) groups is 1. The number of nitrogens with one attached hydrogen (secondary N) is 1. The Morgan fingerprint density at radius 1 is 1.18 bits per heavy atom. The maximum Gasteiger partial charge on any atom is 0.243 e. The van der Waals surface area contributed by atoms with Crippen molar-refractivity contribution >= 4 is 5.91 Å². The third-order valence-electron chi connectivity index (χ3n) is 6.04. The van der Waals surface area contributed by atoms with Crippen LogP contribution in [0.3, 0.4) is 0 Å². The Balaban J connectivity index is 1.34. The van der Waals surface area contributed by atoms with Gasteiger partial charge in [0.2, 0.25) is 5.91 Å². The largest absolute Gasteiger partial charge is 0.391 e. The van der Waals surface area contributed by atoms with Gasteiger partial charge in [-0.2, -0.15) is 15.0 Å². The van der Waals surface area contributed by atoms with E-state index in [0.29, 0.717) is 6.54 Å². The third kappa shape index (κ3) is 2.53. The van der Waals surface area contributed by atoms with E-state index < -0.39 is 6.10 Å². The molecule has 0 spiro atoms. The van der Waals surface area contributed by atoms with Gasteiger partial charge in [-0.25, -0.2) is 0 Å². The Kier molecular flexibility index (Phi) is 3.44. The fraction of sp³-hybridized carbons (Fsp3) is 0.812. The minimum Gasteiger partial charge on any atom is -0.391 e. The molecule has 1 heterocycles. The van der Waals surface area contributed by atoms with Gasteiger partial charge in [0.15, 0.2) is 0 Å². The van der Waals surface area contributed by atoms with Crippen LogP contribution >= 0.6 is 0 Å². The average Bonchev–Trinajstić information content (AvgIpc) is 2.96. The van der Waals surface area contributed by atoms with Gasteiger partial charge >= 0.3 is 0 Å². The Morgan fingerprint density at radius 3 is 2.27 bits per heavy atom. The van der Waals surface area contributed by atoms with Crippen LogP contribution < -0.4 is 5.32 Å². The van der Waals surface area contributed by atoms with Crippen LogP contribution in [0.1, 0.15) is 38.5 Å². The fourth-order valence-electron chi connectivity index (χ4n) is 5.52. The number of rotatable bonds is 5. The van der Waals surface area contributed by atoms with Gasteiger partial charge < -0.3 is 10.4 Å². The minimum atomic E-state index is -0.421. The first-order chi connectivity index (χ1) is 10.6. The Morgan fingerprint density at radius 2 is 1.73 bits per heavy atom. The number of aromatic nitrogens is 3. The molecule has 5 rings (SSSR count). The van der Waals surface area contributed by atoms with Crippen molar-refractivity contribution in [1.29, 1.82) is 0 Å². The van der Waals surface area contributed by atoms with E-state index in [1.165, 1.54) is 24.1 Å². The molecule has 0 unspecified atom stereocenters. The topological polar surface area (TPSA) is 80.0 Å². The standard InChI is InChI=1S/C16H24N4O2/c21-14(9-17-15(22)10-20-18-1-2-19-20)16-6-11-3-12(7-16)5-13(4-11)8-16/h1-2,11-14,21H,3-10H2,(H,17,22)/t11?,12?,13?,14-,16?/m0/s1. The summed E-state index contributed by atoms with van der Waals surface area (Å²) in [6.07, 6.45) is 10.2. The first-order valence-corrected chi connectivity index (χ1v) is 8.42. The maximum absolute atomic E-state index is 11.9. The predicted molar refractivity (Wildman–Crippen MR) is 79.6 cm³/mol.